The molecular formula is C30H46N4O2. The van der Waals surface area contributed by atoms with Gasteiger partial charge in [0.15, 0.2) is 0 Å². The smallest absolute Gasteiger partial charge is 0.248 e. The van der Waals surface area contributed by atoms with E-state index < -0.39 is 0 Å². The second kappa shape index (κ2) is 11.5. The van der Waals surface area contributed by atoms with Crippen molar-refractivity contribution in [1.29, 1.82) is 0 Å². The zero-order valence-electron chi connectivity index (χ0n) is 22.8. The number of rotatable bonds is 11. The van der Waals surface area contributed by atoms with Gasteiger partial charge in [-0.1, -0.05) is 65.5 Å². The molecule has 2 atom stereocenters. The van der Waals surface area contributed by atoms with E-state index >= 15 is 0 Å². The number of hydrogen-bond donors (Lipinski definition) is 4. The summed E-state index contributed by atoms with van der Waals surface area (Å²) < 4.78 is 0. The quantitative estimate of drug-likeness (QED) is 0.319. The van der Waals surface area contributed by atoms with E-state index in [9.17, 15) is 9.59 Å². The molecule has 36 heavy (non-hydrogen) atoms. The second-order valence-corrected chi connectivity index (χ2v) is 12.7. The minimum atomic E-state index is 0.00383. The molecule has 0 fully saturated rings. The van der Waals surface area contributed by atoms with Crippen molar-refractivity contribution < 1.29 is 0 Å². The summed E-state index contributed by atoms with van der Waals surface area (Å²) in [5.41, 5.74) is 5.18. The largest absolute Gasteiger partial charge is 0.326 e. The van der Waals surface area contributed by atoms with E-state index in [4.69, 9.17) is 0 Å². The van der Waals surface area contributed by atoms with Crippen LogP contribution in [-0.2, 0) is 12.8 Å². The maximum atomic E-state index is 11.8. The Bertz CT molecular complexity index is 1040. The normalized spacial score (nSPS) is 22.1. The Hall–Kier alpha value is -2.18. The lowest BCUT2D eigenvalue weighted by Gasteiger charge is -2.37. The van der Waals surface area contributed by atoms with Crippen molar-refractivity contribution in [2.24, 2.45) is 10.8 Å². The first kappa shape index (κ1) is 26.9. The molecule has 6 nitrogen and oxygen atoms in total. The van der Waals surface area contributed by atoms with Crippen LogP contribution < -0.4 is 21.8 Å². The molecule has 0 saturated heterocycles. The number of hydrogen-bond acceptors (Lipinski definition) is 4. The van der Waals surface area contributed by atoms with Crippen LogP contribution in [0.2, 0.25) is 0 Å². The highest BCUT2D eigenvalue weighted by atomic mass is 16.1. The Morgan fingerprint density at radius 1 is 0.667 bits per heavy atom. The molecule has 2 aliphatic rings. The van der Waals surface area contributed by atoms with Gasteiger partial charge >= 0.3 is 0 Å². The van der Waals surface area contributed by atoms with Gasteiger partial charge < -0.3 is 20.6 Å². The Balaban J connectivity index is 1.11. The maximum Gasteiger partial charge on any atom is 0.248 e. The van der Waals surface area contributed by atoms with Crippen molar-refractivity contribution in [2.45, 2.75) is 104 Å². The average Bonchev–Trinajstić information content (AvgIpc) is 2.78. The van der Waals surface area contributed by atoms with Gasteiger partial charge in [-0.15, -0.1) is 0 Å². The maximum absolute atomic E-state index is 11.8. The van der Waals surface area contributed by atoms with E-state index in [0.717, 1.165) is 50.2 Å². The fraction of sp³-hybridized carbons (Fsp3) is 0.667. The van der Waals surface area contributed by atoms with Gasteiger partial charge in [0, 0.05) is 35.6 Å². The van der Waals surface area contributed by atoms with E-state index in [1.54, 1.807) is 12.1 Å². The first-order valence-electron chi connectivity index (χ1n) is 14.0. The van der Waals surface area contributed by atoms with Crippen molar-refractivity contribution in [3.63, 3.8) is 0 Å². The summed E-state index contributed by atoms with van der Waals surface area (Å²) in [6, 6.07) is 8.02. The molecule has 0 aliphatic heterocycles. The monoisotopic (exact) mass is 494 g/mol. The Morgan fingerprint density at radius 2 is 1.06 bits per heavy atom. The fourth-order valence-corrected chi connectivity index (χ4v) is 6.30. The molecule has 0 radical (unpaired) electrons. The van der Waals surface area contributed by atoms with Gasteiger partial charge in [0.1, 0.15) is 0 Å². The Morgan fingerprint density at radius 3 is 1.47 bits per heavy atom. The van der Waals surface area contributed by atoms with Crippen LogP contribution in [0.25, 0.3) is 0 Å². The summed E-state index contributed by atoms with van der Waals surface area (Å²) in [5, 5.41) is 7.53. The third kappa shape index (κ3) is 7.19. The lowest BCUT2D eigenvalue weighted by atomic mass is 9.74. The number of nitrogens with one attached hydrogen (secondary N) is 4. The molecule has 2 aliphatic carbocycles. The van der Waals surface area contributed by atoms with Crippen molar-refractivity contribution in [3.8, 4) is 0 Å². The molecule has 0 saturated carbocycles. The van der Waals surface area contributed by atoms with Crippen molar-refractivity contribution in [1.82, 2.24) is 20.6 Å². The number of unbranched alkanes of at least 4 members (excludes halogenated alkanes) is 5. The highest BCUT2D eigenvalue weighted by Gasteiger charge is 2.33. The van der Waals surface area contributed by atoms with Gasteiger partial charge in [0.25, 0.3) is 0 Å². The lowest BCUT2D eigenvalue weighted by molar-refractivity contribution is 0.252. The van der Waals surface area contributed by atoms with E-state index in [1.165, 1.54) is 49.7 Å². The molecule has 0 spiro atoms. The Labute approximate surface area is 216 Å². The van der Waals surface area contributed by atoms with E-state index in [2.05, 4.69) is 48.3 Å². The first-order valence-corrected chi connectivity index (χ1v) is 14.0. The zero-order chi connectivity index (χ0) is 25.8. The van der Waals surface area contributed by atoms with Gasteiger partial charge in [-0.25, -0.2) is 0 Å². The number of H-pyrrole nitrogens is 2. The van der Waals surface area contributed by atoms with Crippen LogP contribution in [-0.4, -0.2) is 23.1 Å². The molecule has 4 rings (SSSR count). The fourth-order valence-electron chi connectivity index (χ4n) is 6.30. The molecular weight excluding hydrogens is 448 g/mol. The molecule has 6 heteroatoms. The number of fused-ring (bicyclic) bond motifs is 2. The van der Waals surface area contributed by atoms with Crippen LogP contribution in [0, 0.1) is 10.8 Å². The van der Waals surface area contributed by atoms with Gasteiger partial charge in [-0.3, -0.25) is 9.59 Å². The average molecular weight is 495 g/mol. The second-order valence-electron chi connectivity index (χ2n) is 12.7. The molecule has 198 valence electrons. The molecule has 0 amide bonds. The number of pyridine rings is 2. The SMILES string of the molecule is CC1(C)Cc2[nH]c(=O)ccc2[C@@H](NCCCCCCCCN[C@H]2CC(C)(C)Cc3[nH]c(=O)ccc32)C1. The topological polar surface area (TPSA) is 89.8 Å². The van der Waals surface area contributed by atoms with Crippen LogP contribution in [0.15, 0.2) is 33.9 Å². The summed E-state index contributed by atoms with van der Waals surface area (Å²) in [6.07, 6.45) is 11.6. The van der Waals surface area contributed by atoms with E-state index in [-0.39, 0.29) is 21.9 Å². The summed E-state index contributed by atoms with van der Waals surface area (Å²) >= 11 is 0. The molecule has 4 N–H and O–H groups in total. The molecule has 0 aromatic carbocycles. The molecule has 0 bridgehead atoms. The minimum absolute atomic E-state index is 0.00383. The van der Waals surface area contributed by atoms with Gasteiger partial charge in [0.05, 0.1) is 0 Å². The van der Waals surface area contributed by atoms with Gasteiger partial charge in [-0.2, -0.15) is 0 Å². The highest BCUT2D eigenvalue weighted by molar-refractivity contribution is 5.29. The van der Waals surface area contributed by atoms with E-state index in [0.29, 0.717) is 12.1 Å². The van der Waals surface area contributed by atoms with Gasteiger partial charge in [-0.05, 0) is 73.6 Å². The van der Waals surface area contributed by atoms with Crippen LogP contribution in [0.3, 0.4) is 0 Å². The van der Waals surface area contributed by atoms with Crippen LogP contribution in [0.4, 0.5) is 0 Å². The van der Waals surface area contributed by atoms with Gasteiger partial charge in [0.2, 0.25) is 11.1 Å². The third-order valence-corrected chi connectivity index (χ3v) is 8.03. The van der Waals surface area contributed by atoms with Crippen molar-refractivity contribution in [2.75, 3.05) is 13.1 Å². The Kier molecular flexibility index (Phi) is 8.56. The third-order valence-electron chi connectivity index (χ3n) is 8.03. The predicted molar refractivity (Wildman–Crippen MR) is 148 cm³/mol. The highest BCUT2D eigenvalue weighted by Crippen LogP contribution is 2.40. The predicted octanol–water partition coefficient (Wildman–Crippen LogP) is 5.31. The van der Waals surface area contributed by atoms with E-state index in [1.807, 2.05) is 12.1 Å². The number of aromatic nitrogens is 2. The summed E-state index contributed by atoms with van der Waals surface area (Å²) in [5.74, 6) is 0. The lowest BCUT2D eigenvalue weighted by Crippen LogP contribution is -2.35. The zero-order valence-corrected chi connectivity index (χ0v) is 22.8. The number of aromatic amines is 2. The molecule has 2 aromatic rings. The van der Waals surface area contributed by atoms with Crippen molar-refractivity contribution >= 4 is 0 Å². The first-order chi connectivity index (χ1) is 17.1. The molecule has 0 unspecified atom stereocenters. The van der Waals surface area contributed by atoms with Crippen LogP contribution in [0.1, 0.15) is 114 Å². The minimum Gasteiger partial charge on any atom is -0.326 e. The molecule has 2 aromatic heterocycles. The molecule has 2 heterocycles. The summed E-state index contributed by atoms with van der Waals surface area (Å²) in [4.78, 5) is 29.7. The van der Waals surface area contributed by atoms with Crippen LogP contribution >= 0.6 is 0 Å². The van der Waals surface area contributed by atoms with Crippen LogP contribution in [0.5, 0.6) is 0 Å². The standard InChI is InChI=1S/C30H46N4O2/c1-29(2)17-23(21-11-13-27(35)33-25(21)19-29)31-15-9-7-5-6-8-10-16-32-24-18-30(3,4)20-26-22(24)12-14-28(36)34-26/h11-14,23-24,31-32H,5-10,15-20H2,1-4H3,(H,33,35)(H,34,36)/t23-,24-/m0/s1. The van der Waals surface area contributed by atoms with Crippen molar-refractivity contribution in [3.05, 3.63) is 67.5 Å². The summed E-state index contributed by atoms with van der Waals surface area (Å²) in [7, 11) is 0. The summed E-state index contributed by atoms with van der Waals surface area (Å²) in [6.45, 7) is 11.2.